The fourth-order valence-electron chi connectivity index (χ4n) is 4.83. The zero-order valence-corrected chi connectivity index (χ0v) is 21.6. The molecular weight excluding hydrogens is 527 g/mol. The molecule has 0 bridgehead atoms. The third-order valence-corrected chi connectivity index (χ3v) is 6.92. The van der Waals surface area contributed by atoms with Gasteiger partial charge in [-0.15, -0.1) is 0 Å². The number of hydrogen-bond donors (Lipinski definition) is 3. The van der Waals surface area contributed by atoms with Crippen LogP contribution < -0.4 is 11.1 Å². The SMILES string of the molecule is CC1OCCN(CCO)CC1c1nc(-c2ccc(C(=O)Nc3cc(C(F)(F)F)ccn3)cc2)c2c(N)nccn12. The first-order chi connectivity index (χ1) is 19.2. The number of carbonyl (C=O) groups excluding carboxylic acids is 1. The number of rotatable bonds is 6. The number of pyridine rings is 1. The lowest BCUT2D eigenvalue weighted by atomic mass is 10.0. The molecule has 1 aliphatic rings. The molecule has 1 aromatic carbocycles. The number of aliphatic hydroxyl groups excluding tert-OH is 1. The molecule has 1 aliphatic heterocycles. The van der Waals surface area contributed by atoms with Crippen molar-refractivity contribution >= 4 is 23.1 Å². The standard InChI is InChI=1S/C27H28F3N7O3/c1-16-20(15-36(10-12-38)11-13-40-16)25-35-22(23-24(31)33-8-9-37(23)25)17-2-4-18(5-3-17)26(39)34-21-14-19(6-7-32-21)27(28,29)30/h2-9,14,16,20,38H,10-13,15H2,1H3,(H2,31,33)(H,32,34,39). The van der Waals surface area contributed by atoms with Crippen LogP contribution in [0.3, 0.4) is 0 Å². The van der Waals surface area contributed by atoms with Gasteiger partial charge in [-0.2, -0.15) is 13.2 Å². The zero-order chi connectivity index (χ0) is 28.4. The van der Waals surface area contributed by atoms with Crippen molar-refractivity contribution in [2.24, 2.45) is 0 Å². The minimum absolute atomic E-state index is 0.0370. The number of nitrogens with zero attached hydrogens (tertiary/aromatic N) is 5. The van der Waals surface area contributed by atoms with Crippen molar-refractivity contribution in [1.29, 1.82) is 0 Å². The molecule has 10 nitrogen and oxygen atoms in total. The van der Waals surface area contributed by atoms with Crippen molar-refractivity contribution < 1.29 is 27.8 Å². The van der Waals surface area contributed by atoms with Crippen LogP contribution in [0.15, 0.2) is 55.0 Å². The number of imidazole rings is 1. The average Bonchev–Trinajstić information content (AvgIpc) is 3.22. The summed E-state index contributed by atoms with van der Waals surface area (Å²) in [5.74, 6) is 0.0740. The second-order valence-electron chi connectivity index (χ2n) is 9.52. The number of ether oxygens (including phenoxy) is 1. The monoisotopic (exact) mass is 555 g/mol. The lowest BCUT2D eigenvalue weighted by Crippen LogP contribution is -2.33. The Kier molecular flexibility index (Phi) is 7.70. The highest BCUT2D eigenvalue weighted by Crippen LogP contribution is 2.34. The number of nitrogens with one attached hydrogen (secondary N) is 1. The molecule has 2 unspecified atom stereocenters. The number of nitrogens with two attached hydrogens (primary N) is 1. The number of alkyl halides is 3. The second-order valence-corrected chi connectivity index (χ2v) is 9.52. The fraction of sp³-hybridized carbons (Fsp3) is 0.333. The number of carbonyl (C=O) groups is 1. The molecule has 3 aromatic heterocycles. The Morgan fingerprint density at radius 1 is 1.20 bits per heavy atom. The summed E-state index contributed by atoms with van der Waals surface area (Å²) in [6.07, 6.45) is -0.322. The predicted molar refractivity (Wildman–Crippen MR) is 142 cm³/mol. The zero-order valence-electron chi connectivity index (χ0n) is 21.6. The van der Waals surface area contributed by atoms with E-state index in [0.29, 0.717) is 43.0 Å². The molecular formula is C27H28F3N7O3. The van der Waals surface area contributed by atoms with Gasteiger partial charge in [0.15, 0.2) is 0 Å². The van der Waals surface area contributed by atoms with Crippen LogP contribution in [0.1, 0.15) is 34.6 Å². The molecule has 5 rings (SSSR count). The van der Waals surface area contributed by atoms with Gasteiger partial charge in [0, 0.05) is 49.4 Å². The second kappa shape index (κ2) is 11.2. The fourth-order valence-corrected chi connectivity index (χ4v) is 4.83. The summed E-state index contributed by atoms with van der Waals surface area (Å²) in [6, 6.07) is 8.10. The highest BCUT2D eigenvalue weighted by atomic mass is 19.4. The highest BCUT2D eigenvalue weighted by molar-refractivity contribution is 6.04. The van der Waals surface area contributed by atoms with E-state index in [9.17, 15) is 23.1 Å². The molecule has 210 valence electrons. The van der Waals surface area contributed by atoms with Crippen LogP contribution in [0, 0.1) is 0 Å². The number of nitrogen functional groups attached to an aromatic ring is 1. The number of halogens is 3. The molecule has 0 radical (unpaired) electrons. The molecule has 0 saturated carbocycles. The Morgan fingerprint density at radius 3 is 2.70 bits per heavy atom. The first kappa shape index (κ1) is 27.5. The van der Waals surface area contributed by atoms with E-state index in [1.807, 2.05) is 11.3 Å². The summed E-state index contributed by atoms with van der Waals surface area (Å²) in [6.45, 7) is 4.41. The number of hydrogen-bond acceptors (Lipinski definition) is 8. The number of benzene rings is 1. The molecule has 4 aromatic rings. The maximum Gasteiger partial charge on any atom is 0.416 e. The number of fused-ring (bicyclic) bond motifs is 1. The molecule has 4 heterocycles. The van der Waals surface area contributed by atoms with E-state index in [0.717, 1.165) is 24.2 Å². The van der Waals surface area contributed by atoms with E-state index in [2.05, 4.69) is 20.2 Å². The molecule has 1 amide bonds. The summed E-state index contributed by atoms with van der Waals surface area (Å²) in [5, 5.41) is 11.9. The summed E-state index contributed by atoms with van der Waals surface area (Å²) < 4.78 is 46.9. The number of aromatic nitrogens is 4. The molecule has 13 heteroatoms. The van der Waals surface area contributed by atoms with Crippen molar-refractivity contribution in [3.63, 3.8) is 0 Å². The van der Waals surface area contributed by atoms with Gasteiger partial charge in [-0.05, 0) is 31.2 Å². The van der Waals surface area contributed by atoms with Crippen LogP contribution in [-0.4, -0.2) is 74.2 Å². The quantitative estimate of drug-likeness (QED) is 0.330. The predicted octanol–water partition coefficient (Wildman–Crippen LogP) is 3.44. The van der Waals surface area contributed by atoms with Gasteiger partial charge in [-0.3, -0.25) is 14.1 Å². The smallest absolute Gasteiger partial charge is 0.395 e. The van der Waals surface area contributed by atoms with Crippen molar-refractivity contribution in [3.05, 3.63) is 71.9 Å². The molecule has 1 fully saturated rings. The third-order valence-electron chi connectivity index (χ3n) is 6.92. The van der Waals surface area contributed by atoms with Crippen LogP contribution in [0.4, 0.5) is 24.8 Å². The largest absolute Gasteiger partial charge is 0.416 e. The van der Waals surface area contributed by atoms with E-state index >= 15 is 0 Å². The Balaban J connectivity index is 1.45. The van der Waals surface area contributed by atoms with Crippen LogP contribution in [-0.2, 0) is 10.9 Å². The minimum Gasteiger partial charge on any atom is -0.395 e. The van der Waals surface area contributed by atoms with E-state index < -0.39 is 17.6 Å². The molecule has 40 heavy (non-hydrogen) atoms. The van der Waals surface area contributed by atoms with E-state index in [-0.39, 0.29) is 35.8 Å². The first-order valence-electron chi connectivity index (χ1n) is 12.7. The van der Waals surface area contributed by atoms with Gasteiger partial charge in [-0.25, -0.2) is 15.0 Å². The lowest BCUT2D eigenvalue weighted by molar-refractivity contribution is -0.137. The van der Waals surface area contributed by atoms with Gasteiger partial charge < -0.3 is 20.9 Å². The lowest BCUT2D eigenvalue weighted by Gasteiger charge is -2.24. The van der Waals surface area contributed by atoms with E-state index in [1.54, 1.807) is 36.7 Å². The molecule has 2 atom stereocenters. The molecule has 0 aliphatic carbocycles. The molecule has 1 saturated heterocycles. The van der Waals surface area contributed by atoms with Gasteiger partial charge in [0.2, 0.25) is 0 Å². The van der Waals surface area contributed by atoms with Crippen LogP contribution in [0.25, 0.3) is 16.8 Å². The Hall–Kier alpha value is -4.07. The number of β-amino-alcohol motifs (C(OH)–C–C–N with tert-alkyl or cyclic N) is 1. The van der Waals surface area contributed by atoms with Gasteiger partial charge >= 0.3 is 6.18 Å². The molecule has 4 N–H and O–H groups in total. The van der Waals surface area contributed by atoms with E-state index in [4.69, 9.17) is 15.5 Å². The van der Waals surface area contributed by atoms with Gasteiger partial charge in [0.25, 0.3) is 5.91 Å². The van der Waals surface area contributed by atoms with Crippen LogP contribution in [0.5, 0.6) is 0 Å². The summed E-state index contributed by atoms with van der Waals surface area (Å²) >= 11 is 0. The van der Waals surface area contributed by atoms with Gasteiger partial charge in [0.05, 0.1) is 30.8 Å². The van der Waals surface area contributed by atoms with Crippen molar-refractivity contribution in [3.8, 4) is 11.3 Å². The topological polar surface area (TPSA) is 131 Å². The average molecular weight is 556 g/mol. The number of amides is 1. The van der Waals surface area contributed by atoms with Gasteiger partial charge in [0.1, 0.15) is 28.7 Å². The van der Waals surface area contributed by atoms with Gasteiger partial charge in [-0.1, -0.05) is 12.1 Å². The first-order valence-corrected chi connectivity index (χ1v) is 12.7. The Labute approximate surface area is 227 Å². The van der Waals surface area contributed by atoms with Crippen molar-refractivity contribution in [1.82, 2.24) is 24.3 Å². The third kappa shape index (κ3) is 5.62. The van der Waals surface area contributed by atoms with Crippen LogP contribution in [0.2, 0.25) is 0 Å². The van der Waals surface area contributed by atoms with E-state index in [1.165, 1.54) is 0 Å². The highest BCUT2D eigenvalue weighted by Gasteiger charge is 2.32. The molecule has 0 spiro atoms. The van der Waals surface area contributed by atoms with Crippen molar-refractivity contribution in [2.45, 2.75) is 25.1 Å². The van der Waals surface area contributed by atoms with Crippen molar-refractivity contribution in [2.75, 3.05) is 43.9 Å². The number of anilines is 2. The Bertz CT molecular complexity index is 1510. The normalized spacial score (nSPS) is 18.5. The summed E-state index contributed by atoms with van der Waals surface area (Å²) in [7, 11) is 0. The maximum atomic E-state index is 13.0. The number of aliphatic hydroxyl groups is 1. The summed E-state index contributed by atoms with van der Waals surface area (Å²) in [4.78, 5) is 27.9. The minimum atomic E-state index is -4.55. The Morgan fingerprint density at radius 2 is 1.98 bits per heavy atom. The van der Waals surface area contributed by atoms with Crippen LogP contribution >= 0.6 is 0 Å². The summed E-state index contributed by atoms with van der Waals surface area (Å²) in [5.41, 5.74) is 7.45. The maximum absolute atomic E-state index is 13.0.